The van der Waals surface area contributed by atoms with Gasteiger partial charge in [0, 0.05) is 31.7 Å². The zero-order valence-electron chi connectivity index (χ0n) is 11.7. The Morgan fingerprint density at radius 1 is 1.21 bits per heavy atom. The van der Waals surface area contributed by atoms with Gasteiger partial charge in [0.2, 0.25) is 0 Å². The number of nitrogens with zero attached hydrogens (tertiary/aromatic N) is 3. The summed E-state index contributed by atoms with van der Waals surface area (Å²) in [5, 5.41) is 8.01. The molecule has 0 saturated heterocycles. The minimum Gasteiger partial charge on any atom is -0.307 e. The number of rotatable bonds is 7. The summed E-state index contributed by atoms with van der Waals surface area (Å²) in [5.41, 5.74) is 2.29. The van der Waals surface area contributed by atoms with E-state index in [4.69, 9.17) is 0 Å². The Morgan fingerprint density at radius 3 is 2.74 bits per heavy atom. The Hall–Kier alpha value is -1.68. The molecule has 4 nitrogen and oxygen atoms in total. The summed E-state index contributed by atoms with van der Waals surface area (Å²) in [6.07, 6.45) is 8.01. The van der Waals surface area contributed by atoms with Crippen molar-refractivity contribution in [2.24, 2.45) is 0 Å². The van der Waals surface area contributed by atoms with Crippen molar-refractivity contribution in [3.05, 3.63) is 48.0 Å². The highest BCUT2D eigenvalue weighted by atomic mass is 15.3. The summed E-state index contributed by atoms with van der Waals surface area (Å²) in [6.45, 7) is 6.03. The van der Waals surface area contributed by atoms with Crippen LogP contribution in [-0.4, -0.2) is 14.8 Å². The highest BCUT2D eigenvalue weighted by molar-refractivity contribution is 5.08. The number of aromatic nitrogens is 3. The van der Waals surface area contributed by atoms with Gasteiger partial charge in [0.1, 0.15) is 0 Å². The molecule has 102 valence electrons. The van der Waals surface area contributed by atoms with Crippen molar-refractivity contribution in [1.82, 2.24) is 20.1 Å². The maximum atomic E-state index is 4.62. The van der Waals surface area contributed by atoms with Crippen molar-refractivity contribution in [3.63, 3.8) is 0 Å². The summed E-state index contributed by atoms with van der Waals surface area (Å²) in [4.78, 5) is 4.10. The molecule has 0 amide bonds. The van der Waals surface area contributed by atoms with Crippen LogP contribution < -0.4 is 5.32 Å². The van der Waals surface area contributed by atoms with Crippen LogP contribution in [0.3, 0.4) is 0 Å². The molecule has 19 heavy (non-hydrogen) atoms. The molecule has 2 aromatic rings. The van der Waals surface area contributed by atoms with E-state index in [9.17, 15) is 0 Å². The molecule has 2 heterocycles. The van der Waals surface area contributed by atoms with Gasteiger partial charge in [-0.2, -0.15) is 5.10 Å². The van der Waals surface area contributed by atoms with Gasteiger partial charge in [-0.05, 0) is 30.5 Å². The van der Waals surface area contributed by atoms with Gasteiger partial charge in [-0.15, -0.1) is 0 Å². The second-order valence-corrected chi connectivity index (χ2v) is 4.72. The average Bonchev–Trinajstić information content (AvgIpc) is 2.90. The Labute approximate surface area is 114 Å². The predicted octanol–water partition coefficient (Wildman–Crippen LogP) is 2.93. The minimum absolute atomic E-state index is 0.520. The number of nitrogens with one attached hydrogen (secondary N) is 1. The fourth-order valence-corrected chi connectivity index (χ4v) is 2.18. The van der Waals surface area contributed by atoms with Crippen LogP contribution in [0, 0.1) is 0 Å². The van der Waals surface area contributed by atoms with Crippen LogP contribution in [0.4, 0.5) is 0 Å². The van der Waals surface area contributed by atoms with Crippen molar-refractivity contribution in [3.8, 4) is 0 Å². The Kier molecular flexibility index (Phi) is 5.10. The van der Waals surface area contributed by atoms with Crippen LogP contribution >= 0.6 is 0 Å². The quantitative estimate of drug-likeness (QED) is 0.830. The zero-order chi connectivity index (χ0) is 13.5. The normalized spacial score (nSPS) is 11.1. The molecular formula is C15H22N4. The Morgan fingerprint density at radius 2 is 2.05 bits per heavy atom. The van der Waals surface area contributed by atoms with E-state index < -0.39 is 0 Å². The monoisotopic (exact) mass is 258 g/mol. The van der Waals surface area contributed by atoms with E-state index >= 15 is 0 Å². The van der Waals surface area contributed by atoms with Crippen LogP contribution in [0.1, 0.15) is 44.0 Å². The van der Waals surface area contributed by atoms with Crippen LogP contribution in [0.25, 0.3) is 0 Å². The number of hydrogen-bond acceptors (Lipinski definition) is 3. The molecule has 0 aliphatic carbocycles. The zero-order valence-corrected chi connectivity index (χ0v) is 11.7. The molecule has 0 saturated carbocycles. The smallest absolute Gasteiger partial charge is 0.0762 e. The molecular weight excluding hydrogens is 236 g/mol. The van der Waals surface area contributed by atoms with E-state index in [-0.39, 0.29) is 0 Å². The molecule has 0 spiro atoms. The molecule has 0 aliphatic rings. The molecule has 2 aromatic heterocycles. The maximum absolute atomic E-state index is 4.62. The summed E-state index contributed by atoms with van der Waals surface area (Å²) < 4.78 is 2.08. The topological polar surface area (TPSA) is 42.7 Å². The molecule has 0 aliphatic heterocycles. The minimum atomic E-state index is 0.520. The van der Waals surface area contributed by atoms with Gasteiger partial charge in [0.25, 0.3) is 0 Å². The second-order valence-electron chi connectivity index (χ2n) is 4.72. The molecule has 1 N–H and O–H groups in total. The third kappa shape index (κ3) is 3.89. The molecule has 2 rings (SSSR count). The highest BCUT2D eigenvalue weighted by Gasteiger charge is 2.07. The lowest BCUT2D eigenvalue weighted by molar-refractivity contribution is 0.424. The van der Waals surface area contributed by atoms with Crippen LogP contribution in [0.15, 0.2) is 36.8 Å². The van der Waals surface area contributed by atoms with Crippen LogP contribution in [-0.2, 0) is 13.1 Å². The summed E-state index contributed by atoms with van der Waals surface area (Å²) >= 11 is 0. The molecule has 0 bridgehead atoms. The van der Waals surface area contributed by atoms with Gasteiger partial charge >= 0.3 is 0 Å². The molecule has 4 heteroatoms. The molecule has 0 aromatic carbocycles. The molecule has 0 atom stereocenters. The van der Waals surface area contributed by atoms with Gasteiger partial charge < -0.3 is 5.32 Å². The van der Waals surface area contributed by atoms with Crippen LogP contribution in [0.2, 0.25) is 0 Å². The van der Waals surface area contributed by atoms with E-state index in [1.807, 2.05) is 12.3 Å². The maximum Gasteiger partial charge on any atom is 0.0762 e. The predicted molar refractivity (Wildman–Crippen MR) is 76.6 cm³/mol. The van der Waals surface area contributed by atoms with Gasteiger partial charge in [-0.1, -0.05) is 19.9 Å². The van der Waals surface area contributed by atoms with Crippen LogP contribution in [0.5, 0.6) is 0 Å². The highest BCUT2D eigenvalue weighted by Crippen LogP contribution is 2.14. The summed E-state index contributed by atoms with van der Waals surface area (Å²) in [6, 6.07) is 6.64. The third-order valence-corrected chi connectivity index (χ3v) is 3.34. The lowest BCUT2D eigenvalue weighted by Crippen LogP contribution is -2.14. The van der Waals surface area contributed by atoms with E-state index in [2.05, 4.69) is 52.3 Å². The van der Waals surface area contributed by atoms with E-state index in [1.165, 1.54) is 5.56 Å². The Bertz CT molecular complexity index is 474. The van der Waals surface area contributed by atoms with Crippen molar-refractivity contribution in [2.45, 2.75) is 45.8 Å². The van der Waals surface area contributed by atoms with Gasteiger partial charge in [-0.25, -0.2) is 0 Å². The fourth-order valence-electron chi connectivity index (χ4n) is 2.18. The van der Waals surface area contributed by atoms with Gasteiger partial charge in [-0.3, -0.25) is 9.67 Å². The first kappa shape index (κ1) is 13.7. The molecule has 0 unspecified atom stereocenters. The molecule has 0 fully saturated rings. The third-order valence-electron chi connectivity index (χ3n) is 3.34. The molecule has 0 radical (unpaired) electrons. The first-order valence-electron chi connectivity index (χ1n) is 6.97. The number of hydrogen-bond donors (Lipinski definition) is 1. The first-order chi connectivity index (χ1) is 9.33. The standard InChI is InChI=1S/C15H22N4/c1-3-15(4-2)19-9-7-14(18-19)12-17-11-13-6-5-8-16-10-13/h5-10,15,17H,3-4,11-12H2,1-2H3. The largest absolute Gasteiger partial charge is 0.307 e. The lowest BCUT2D eigenvalue weighted by atomic mass is 10.2. The SMILES string of the molecule is CCC(CC)n1ccc(CNCc2cccnc2)n1. The summed E-state index contributed by atoms with van der Waals surface area (Å²) in [7, 11) is 0. The fraction of sp³-hybridized carbons (Fsp3) is 0.467. The van der Waals surface area contributed by atoms with Crippen molar-refractivity contribution in [2.75, 3.05) is 0 Å². The van der Waals surface area contributed by atoms with Gasteiger partial charge in [0.05, 0.1) is 11.7 Å². The van der Waals surface area contributed by atoms with Crippen molar-refractivity contribution < 1.29 is 0 Å². The Balaban J connectivity index is 1.83. The van der Waals surface area contributed by atoms with E-state index in [0.717, 1.165) is 31.6 Å². The lowest BCUT2D eigenvalue weighted by Gasteiger charge is -2.12. The van der Waals surface area contributed by atoms with E-state index in [0.29, 0.717) is 6.04 Å². The average molecular weight is 258 g/mol. The van der Waals surface area contributed by atoms with Crippen molar-refractivity contribution in [1.29, 1.82) is 0 Å². The number of pyridine rings is 1. The van der Waals surface area contributed by atoms with Crippen molar-refractivity contribution >= 4 is 0 Å². The first-order valence-corrected chi connectivity index (χ1v) is 6.97. The second kappa shape index (κ2) is 7.04. The summed E-state index contributed by atoms with van der Waals surface area (Å²) in [5.74, 6) is 0. The van der Waals surface area contributed by atoms with Gasteiger partial charge in [0.15, 0.2) is 0 Å². The van der Waals surface area contributed by atoms with E-state index in [1.54, 1.807) is 6.20 Å².